The fourth-order valence-corrected chi connectivity index (χ4v) is 3.54. The summed E-state index contributed by atoms with van der Waals surface area (Å²) in [5.74, 6) is 0.112. The molecule has 0 radical (unpaired) electrons. The van der Waals surface area contributed by atoms with E-state index in [4.69, 9.17) is 5.73 Å². The normalized spacial score (nSPS) is 14.2. The van der Waals surface area contributed by atoms with Gasteiger partial charge in [-0.05, 0) is 55.2 Å². The van der Waals surface area contributed by atoms with Crippen molar-refractivity contribution < 1.29 is 4.79 Å². The number of nitrogens with two attached hydrogens (primary N) is 1. The molecule has 2 N–H and O–H groups in total. The number of benzene rings is 1. The van der Waals surface area contributed by atoms with Crippen LogP contribution in [0.25, 0.3) is 0 Å². The van der Waals surface area contributed by atoms with Gasteiger partial charge in [-0.15, -0.1) is 11.3 Å². The highest BCUT2D eigenvalue weighted by Gasteiger charge is 2.24. The van der Waals surface area contributed by atoms with Gasteiger partial charge < -0.3 is 10.6 Å². The van der Waals surface area contributed by atoms with E-state index in [0.717, 1.165) is 42.1 Å². The number of anilines is 2. The summed E-state index contributed by atoms with van der Waals surface area (Å²) in [6.45, 7) is 2.90. The van der Waals surface area contributed by atoms with E-state index in [2.05, 4.69) is 6.92 Å². The van der Waals surface area contributed by atoms with Crippen LogP contribution >= 0.6 is 11.3 Å². The molecule has 20 heavy (non-hydrogen) atoms. The number of rotatable bonds is 2. The fraction of sp³-hybridized carbons (Fsp3) is 0.312. The number of aryl methyl sites for hydroxylation is 2. The monoisotopic (exact) mass is 286 g/mol. The summed E-state index contributed by atoms with van der Waals surface area (Å²) in [6, 6.07) is 9.82. The molecule has 4 heteroatoms. The number of hydrogen-bond donors (Lipinski definition) is 1. The van der Waals surface area contributed by atoms with Crippen molar-refractivity contribution in [3.8, 4) is 0 Å². The summed E-state index contributed by atoms with van der Waals surface area (Å²) in [4.78, 5) is 16.7. The first kappa shape index (κ1) is 13.2. The van der Waals surface area contributed by atoms with Crippen LogP contribution in [0.15, 0.2) is 30.3 Å². The van der Waals surface area contributed by atoms with Gasteiger partial charge in [0.2, 0.25) is 0 Å². The zero-order chi connectivity index (χ0) is 14.1. The van der Waals surface area contributed by atoms with Gasteiger partial charge >= 0.3 is 0 Å². The lowest BCUT2D eigenvalue weighted by Gasteiger charge is -2.29. The standard InChI is InChI=1S/C16H18N2OS/c1-2-13-6-8-15(20-13)16(19)18-9-3-4-11-10-12(17)5-7-14(11)18/h5-8,10H,2-4,9,17H2,1H3. The Morgan fingerprint density at radius 1 is 1.35 bits per heavy atom. The van der Waals surface area contributed by atoms with Gasteiger partial charge in [-0.2, -0.15) is 0 Å². The molecule has 0 unspecified atom stereocenters. The lowest BCUT2D eigenvalue weighted by molar-refractivity contribution is 0.0989. The Morgan fingerprint density at radius 2 is 2.20 bits per heavy atom. The van der Waals surface area contributed by atoms with E-state index in [9.17, 15) is 4.79 Å². The number of nitrogen functional groups attached to an aromatic ring is 1. The van der Waals surface area contributed by atoms with Gasteiger partial charge in [0.15, 0.2) is 0 Å². The van der Waals surface area contributed by atoms with Gasteiger partial charge in [-0.25, -0.2) is 0 Å². The van der Waals surface area contributed by atoms with Crippen molar-refractivity contribution in [2.24, 2.45) is 0 Å². The molecule has 0 atom stereocenters. The highest BCUT2D eigenvalue weighted by Crippen LogP contribution is 2.31. The predicted octanol–water partition coefficient (Wildman–Crippen LogP) is 3.49. The molecule has 1 aromatic carbocycles. The Hall–Kier alpha value is -1.81. The SMILES string of the molecule is CCc1ccc(C(=O)N2CCCc3cc(N)ccc32)s1. The number of carbonyl (C=O) groups excluding carboxylic acids is 1. The average Bonchev–Trinajstić information content (AvgIpc) is 2.94. The Kier molecular flexibility index (Phi) is 3.49. The summed E-state index contributed by atoms with van der Waals surface area (Å²) in [5.41, 5.74) is 8.79. The molecular formula is C16H18N2OS. The van der Waals surface area contributed by atoms with Crippen LogP contribution in [0.2, 0.25) is 0 Å². The highest BCUT2D eigenvalue weighted by atomic mass is 32.1. The molecular weight excluding hydrogens is 268 g/mol. The second-order valence-electron chi connectivity index (χ2n) is 5.07. The molecule has 1 aliphatic rings. The van der Waals surface area contributed by atoms with Gasteiger partial charge in [0.25, 0.3) is 5.91 Å². The number of amides is 1. The van der Waals surface area contributed by atoms with Crippen LogP contribution in [0.4, 0.5) is 11.4 Å². The van der Waals surface area contributed by atoms with E-state index in [1.54, 1.807) is 11.3 Å². The Labute approximate surface area is 123 Å². The molecule has 2 aromatic rings. The highest BCUT2D eigenvalue weighted by molar-refractivity contribution is 7.14. The van der Waals surface area contributed by atoms with E-state index in [0.29, 0.717) is 0 Å². The molecule has 0 spiro atoms. The molecule has 0 saturated heterocycles. The first-order valence-corrected chi connectivity index (χ1v) is 7.79. The van der Waals surface area contributed by atoms with Crippen molar-refractivity contribution in [3.05, 3.63) is 45.6 Å². The maximum atomic E-state index is 12.7. The molecule has 1 aliphatic heterocycles. The molecule has 3 rings (SSSR count). The van der Waals surface area contributed by atoms with Crippen molar-refractivity contribution in [3.63, 3.8) is 0 Å². The molecule has 104 valence electrons. The average molecular weight is 286 g/mol. The number of hydrogen-bond acceptors (Lipinski definition) is 3. The molecule has 0 aliphatic carbocycles. The van der Waals surface area contributed by atoms with Gasteiger partial charge in [-0.3, -0.25) is 4.79 Å². The number of nitrogens with zero attached hydrogens (tertiary/aromatic N) is 1. The van der Waals surface area contributed by atoms with Crippen LogP contribution in [0, 0.1) is 0 Å². The summed E-state index contributed by atoms with van der Waals surface area (Å²) in [7, 11) is 0. The van der Waals surface area contributed by atoms with E-state index >= 15 is 0 Å². The first-order valence-electron chi connectivity index (χ1n) is 6.98. The van der Waals surface area contributed by atoms with Gasteiger partial charge in [0, 0.05) is 22.8 Å². The minimum atomic E-state index is 0.112. The van der Waals surface area contributed by atoms with Gasteiger partial charge in [-0.1, -0.05) is 6.92 Å². The van der Waals surface area contributed by atoms with Crippen LogP contribution in [0.1, 0.15) is 33.5 Å². The quantitative estimate of drug-likeness (QED) is 0.859. The zero-order valence-corrected chi connectivity index (χ0v) is 12.4. The zero-order valence-electron chi connectivity index (χ0n) is 11.6. The van der Waals surface area contributed by atoms with E-state index in [1.807, 2.05) is 35.2 Å². The second kappa shape index (κ2) is 5.29. The molecule has 1 aromatic heterocycles. The number of carbonyl (C=O) groups is 1. The number of thiophene rings is 1. The summed E-state index contributed by atoms with van der Waals surface area (Å²) in [6.07, 6.45) is 2.97. The lowest BCUT2D eigenvalue weighted by atomic mass is 10.0. The van der Waals surface area contributed by atoms with Crippen molar-refractivity contribution in [2.75, 3.05) is 17.2 Å². The van der Waals surface area contributed by atoms with Gasteiger partial charge in [0.05, 0.1) is 4.88 Å². The molecule has 0 fully saturated rings. The lowest BCUT2D eigenvalue weighted by Crippen LogP contribution is -2.35. The van der Waals surface area contributed by atoms with Crippen LogP contribution in [0.3, 0.4) is 0 Å². The third-order valence-electron chi connectivity index (χ3n) is 3.69. The smallest absolute Gasteiger partial charge is 0.268 e. The van der Waals surface area contributed by atoms with Crippen LogP contribution in [-0.4, -0.2) is 12.5 Å². The van der Waals surface area contributed by atoms with Crippen LogP contribution in [0.5, 0.6) is 0 Å². The predicted molar refractivity (Wildman–Crippen MR) is 84.5 cm³/mol. The molecule has 2 heterocycles. The fourth-order valence-electron chi connectivity index (χ4n) is 2.64. The van der Waals surface area contributed by atoms with Crippen molar-refractivity contribution in [1.29, 1.82) is 0 Å². The topological polar surface area (TPSA) is 46.3 Å². The largest absolute Gasteiger partial charge is 0.399 e. The van der Waals surface area contributed by atoms with Crippen molar-refractivity contribution >= 4 is 28.6 Å². The van der Waals surface area contributed by atoms with E-state index < -0.39 is 0 Å². The number of fused-ring (bicyclic) bond motifs is 1. The maximum absolute atomic E-state index is 12.7. The second-order valence-corrected chi connectivity index (χ2v) is 6.24. The minimum absolute atomic E-state index is 0.112. The Balaban J connectivity index is 1.93. The van der Waals surface area contributed by atoms with Crippen LogP contribution in [-0.2, 0) is 12.8 Å². The molecule has 3 nitrogen and oxygen atoms in total. The minimum Gasteiger partial charge on any atom is -0.399 e. The Bertz CT molecular complexity index is 648. The van der Waals surface area contributed by atoms with Crippen LogP contribution < -0.4 is 10.6 Å². The van der Waals surface area contributed by atoms with E-state index in [1.165, 1.54) is 10.4 Å². The van der Waals surface area contributed by atoms with Gasteiger partial charge in [0.1, 0.15) is 0 Å². The molecule has 0 bridgehead atoms. The maximum Gasteiger partial charge on any atom is 0.268 e. The summed E-state index contributed by atoms with van der Waals surface area (Å²) < 4.78 is 0. The third kappa shape index (κ3) is 2.31. The first-order chi connectivity index (χ1) is 9.69. The Morgan fingerprint density at radius 3 is 2.95 bits per heavy atom. The molecule has 0 saturated carbocycles. The van der Waals surface area contributed by atoms with Crippen molar-refractivity contribution in [1.82, 2.24) is 0 Å². The third-order valence-corrected chi connectivity index (χ3v) is 4.91. The van der Waals surface area contributed by atoms with Crippen molar-refractivity contribution in [2.45, 2.75) is 26.2 Å². The summed E-state index contributed by atoms with van der Waals surface area (Å²) >= 11 is 1.60. The van der Waals surface area contributed by atoms with E-state index in [-0.39, 0.29) is 5.91 Å². The molecule has 1 amide bonds. The summed E-state index contributed by atoms with van der Waals surface area (Å²) in [5, 5.41) is 0.